The van der Waals surface area contributed by atoms with Crippen LogP contribution in [-0.4, -0.2) is 11.8 Å². The normalized spacial score (nSPS) is 13.8. The molecule has 0 saturated heterocycles. The fourth-order valence-corrected chi connectivity index (χ4v) is 12.2. The van der Waals surface area contributed by atoms with Gasteiger partial charge in [-0.3, -0.25) is 0 Å². The molecule has 0 radical (unpaired) electrons. The molecule has 0 atom stereocenters. The van der Waals surface area contributed by atoms with Gasteiger partial charge in [0.25, 0.3) is 0 Å². The number of hydrogen-bond donors (Lipinski definition) is 1. The highest BCUT2D eigenvalue weighted by molar-refractivity contribution is 6.73. The van der Waals surface area contributed by atoms with Crippen LogP contribution in [0.1, 0.15) is 77.6 Å². The second-order valence-corrected chi connectivity index (χ2v) is 23.0. The van der Waals surface area contributed by atoms with E-state index < -0.39 is 0 Å². The summed E-state index contributed by atoms with van der Waals surface area (Å²) in [5, 5.41) is 10.9. The number of aromatic nitrogens is 1. The fraction of sp³-hybridized carbons (Fsp3) is 0.164. The smallest absolute Gasteiger partial charge is 0.198 e. The van der Waals surface area contributed by atoms with Crippen molar-refractivity contribution in [2.45, 2.75) is 71.6 Å². The molecule has 5 heteroatoms. The van der Waals surface area contributed by atoms with Crippen molar-refractivity contribution in [3.8, 4) is 50.6 Å². The van der Waals surface area contributed by atoms with Gasteiger partial charge < -0.3 is 18.7 Å². The van der Waals surface area contributed by atoms with Crippen LogP contribution in [-0.2, 0) is 16.2 Å². The Kier molecular flexibility index (Phi) is 8.93. The molecule has 12 aromatic rings. The first-order valence-corrected chi connectivity index (χ1v) is 25.5. The molecule has 1 aliphatic carbocycles. The molecular formula is C67H55BN2O2. The molecule has 0 saturated carbocycles. The maximum atomic E-state index is 7.06. The van der Waals surface area contributed by atoms with Crippen molar-refractivity contribution < 1.29 is 8.83 Å². The zero-order valence-electron chi connectivity index (χ0n) is 42.2. The average Bonchev–Trinajstić information content (AvgIpc) is 4.09. The van der Waals surface area contributed by atoms with Crippen molar-refractivity contribution in [2.24, 2.45) is 0 Å². The molecule has 348 valence electrons. The molecule has 0 amide bonds. The van der Waals surface area contributed by atoms with Crippen molar-refractivity contribution in [1.82, 2.24) is 4.57 Å². The van der Waals surface area contributed by atoms with Gasteiger partial charge in [-0.25, -0.2) is 0 Å². The third-order valence-corrected chi connectivity index (χ3v) is 16.1. The Morgan fingerprint density at radius 1 is 0.472 bits per heavy atom. The number of fused-ring (bicyclic) bond motifs is 12. The second kappa shape index (κ2) is 15.0. The molecule has 0 bridgehead atoms. The van der Waals surface area contributed by atoms with Crippen LogP contribution in [0.2, 0.25) is 0 Å². The van der Waals surface area contributed by atoms with Gasteiger partial charge in [0.1, 0.15) is 22.7 Å². The molecule has 0 spiro atoms. The largest absolute Gasteiger partial charge is 0.456 e. The van der Waals surface area contributed by atoms with Crippen molar-refractivity contribution in [3.63, 3.8) is 0 Å². The molecule has 14 rings (SSSR count). The van der Waals surface area contributed by atoms with Gasteiger partial charge in [0.15, 0.2) is 7.28 Å². The van der Waals surface area contributed by atoms with Crippen LogP contribution in [0.15, 0.2) is 185 Å². The Morgan fingerprint density at radius 3 is 1.82 bits per heavy atom. The van der Waals surface area contributed by atoms with Gasteiger partial charge in [-0.15, -0.1) is 0 Å². The highest BCUT2D eigenvalue weighted by atomic mass is 16.3. The topological polar surface area (TPSA) is 43.2 Å². The maximum absolute atomic E-state index is 7.06. The van der Waals surface area contributed by atoms with E-state index in [9.17, 15) is 0 Å². The number of nitrogens with one attached hydrogen (secondary N) is 1. The maximum Gasteiger partial charge on any atom is 0.198 e. The Bertz CT molecular complexity index is 4230. The van der Waals surface area contributed by atoms with Gasteiger partial charge in [-0.2, -0.15) is 0 Å². The molecule has 1 N–H and O–H groups in total. The lowest BCUT2D eigenvalue weighted by molar-refractivity contribution is 0.587. The standard InChI is InChI=1S/C67H55BN2O2/c1-65(2,3)40-23-26-42(27-24-40)69-56-37-60-50(44-28-25-41(66(4,5)6)31-59(44)71-60)32-48(56)45-29-30-46-49-33-54-47(43-21-15-16-22-53(43)67(54,7)8)35-57(49)70-58-36-52-51(34-55(58)68-61(45)62(46)70)63(38-17-11-9-12-18-38)72-64(52)39-19-13-10-14-20-39/h9-37,68-69H,1-8H3. The summed E-state index contributed by atoms with van der Waals surface area (Å²) in [6.45, 7) is 18.4. The van der Waals surface area contributed by atoms with Crippen molar-refractivity contribution >= 4 is 84.1 Å². The predicted octanol–water partition coefficient (Wildman–Crippen LogP) is 16.8. The van der Waals surface area contributed by atoms with Gasteiger partial charge >= 0.3 is 0 Å². The number of anilines is 2. The van der Waals surface area contributed by atoms with Crippen LogP contribution in [0, 0.1) is 0 Å². The van der Waals surface area contributed by atoms with Crippen molar-refractivity contribution in [1.29, 1.82) is 0 Å². The van der Waals surface area contributed by atoms with E-state index in [1.807, 2.05) is 0 Å². The fourth-order valence-electron chi connectivity index (χ4n) is 12.2. The molecule has 4 heterocycles. The molecule has 1 aliphatic heterocycles. The summed E-state index contributed by atoms with van der Waals surface area (Å²) in [5.41, 5.74) is 22.3. The first kappa shape index (κ1) is 42.8. The van der Waals surface area contributed by atoms with Gasteiger partial charge in [-0.1, -0.05) is 188 Å². The molecule has 3 aromatic heterocycles. The quantitative estimate of drug-likeness (QED) is 0.175. The monoisotopic (exact) mass is 930 g/mol. The van der Waals surface area contributed by atoms with Gasteiger partial charge in [0, 0.05) is 77.4 Å². The van der Waals surface area contributed by atoms with Crippen LogP contribution < -0.4 is 16.2 Å². The van der Waals surface area contributed by atoms with E-state index in [1.165, 1.54) is 77.4 Å². The summed E-state index contributed by atoms with van der Waals surface area (Å²) >= 11 is 0. The van der Waals surface area contributed by atoms with E-state index >= 15 is 0 Å². The molecule has 4 nitrogen and oxygen atoms in total. The summed E-state index contributed by atoms with van der Waals surface area (Å²) in [7, 11) is 0.737. The average molecular weight is 931 g/mol. The van der Waals surface area contributed by atoms with Crippen molar-refractivity contribution in [3.05, 3.63) is 198 Å². The van der Waals surface area contributed by atoms with Crippen LogP contribution in [0.3, 0.4) is 0 Å². The molecule has 72 heavy (non-hydrogen) atoms. The lowest BCUT2D eigenvalue weighted by atomic mass is 9.58. The Hall–Kier alpha value is -8.02. The van der Waals surface area contributed by atoms with E-state index in [-0.39, 0.29) is 16.2 Å². The number of nitrogens with zero attached hydrogens (tertiary/aromatic N) is 1. The van der Waals surface area contributed by atoms with Gasteiger partial charge in [-0.05, 0) is 97.7 Å². The molecular weight excluding hydrogens is 876 g/mol. The molecule has 2 aliphatic rings. The van der Waals surface area contributed by atoms with E-state index in [1.54, 1.807) is 0 Å². The van der Waals surface area contributed by atoms with Crippen LogP contribution >= 0.6 is 0 Å². The summed E-state index contributed by atoms with van der Waals surface area (Å²) in [6, 6.07) is 65.1. The lowest BCUT2D eigenvalue weighted by Crippen LogP contribution is -2.37. The Morgan fingerprint density at radius 2 is 1.11 bits per heavy atom. The number of furan rings is 2. The van der Waals surface area contributed by atoms with E-state index in [4.69, 9.17) is 8.83 Å². The zero-order valence-corrected chi connectivity index (χ0v) is 42.2. The highest BCUT2D eigenvalue weighted by Gasteiger charge is 2.37. The number of rotatable bonds is 5. The summed E-state index contributed by atoms with van der Waals surface area (Å²) in [6.07, 6.45) is 0. The minimum atomic E-state index is -0.140. The van der Waals surface area contributed by atoms with Gasteiger partial charge in [0.05, 0.1) is 11.2 Å². The number of hydrogen-bond acceptors (Lipinski definition) is 3. The van der Waals surface area contributed by atoms with Crippen molar-refractivity contribution in [2.75, 3.05) is 5.32 Å². The first-order chi connectivity index (χ1) is 34.7. The summed E-state index contributed by atoms with van der Waals surface area (Å²) < 4.78 is 16.5. The van der Waals surface area contributed by atoms with Crippen LogP contribution in [0.25, 0.3) is 105 Å². The zero-order chi connectivity index (χ0) is 49.0. The van der Waals surface area contributed by atoms with E-state index in [0.717, 1.165) is 79.6 Å². The molecule has 0 unspecified atom stereocenters. The summed E-state index contributed by atoms with van der Waals surface area (Å²) in [4.78, 5) is 0. The minimum absolute atomic E-state index is 0.0105. The third kappa shape index (κ3) is 6.32. The predicted molar refractivity (Wildman–Crippen MR) is 305 cm³/mol. The Labute approximate surface area is 421 Å². The third-order valence-electron chi connectivity index (χ3n) is 16.1. The van der Waals surface area contributed by atoms with E-state index in [2.05, 4.69) is 241 Å². The SMILES string of the molecule is CC(C)(C)c1ccc(Nc2cc3oc4cc(C(C)(C)C)ccc4c3cc2-c2ccc3c4cc5c(cc4n4c3c2Bc2cc3c(-c6ccccc6)oc(-c6ccccc6)c3cc2-4)-c2ccccc2C5(C)C)cc1. The molecule has 9 aromatic carbocycles. The first-order valence-electron chi connectivity index (χ1n) is 25.5. The Balaban J connectivity index is 1.07. The van der Waals surface area contributed by atoms with Gasteiger partial charge in [0.2, 0.25) is 0 Å². The minimum Gasteiger partial charge on any atom is -0.456 e. The van der Waals surface area contributed by atoms with Crippen LogP contribution in [0.5, 0.6) is 0 Å². The van der Waals surface area contributed by atoms with Crippen LogP contribution in [0.4, 0.5) is 11.4 Å². The van der Waals surface area contributed by atoms with E-state index in [0.29, 0.717) is 0 Å². The number of benzene rings is 9. The second-order valence-electron chi connectivity index (χ2n) is 23.0. The highest BCUT2D eigenvalue weighted by Crippen LogP contribution is 2.52. The lowest BCUT2D eigenvalue weighted by Gasteiger charge is -2.24. The molecule has 0 fully saturated rings. The summed E-state index contributed by atoms with van der Waals surface area (Å²) in [5.74, 6) is 1.78.